The van der Waals surface area contributed by atoms with E-state index in [4.69, 9.17) is 9.98 Å². The average Bonchev–Trinajstić information content (AvgIpc) is 3.85. The Morgan fingerprint density at radius 2 is 1.02 bits per heavy atom. The Kier molecular flexibility index (Phi) is 8.88. The number of carbonyl (C=O) groups excluding carboxylic acids is 1. The highest BCUT2D eigenvalue weighted by Gasteiger charge is 2.46. The van der Waals surface area contributed by atoms with Gasteiger partial charge in [-0.25, -0.2) is 4.98 Å². The summed E-state index contributed by atoms with van der Waals surface area (Å²) < 4.78 is 2.08. The molecule has 0 amide bonds. The van der Waals surface area contributed by atoms with Crippen LogP contribution in [0.5, 0.6) is 0 Å². The number of ketones is 1. The molecule has 1 aliphatic heterocycles. The maximum Gasteiger partial charge on any atom is 0.370 e. The molecule has 0 spiro atoms. The largest absolute Gasteiger partial charge is 0.506 e. The van der Waals surface area contributed by atoms with Crippen molar-refractivity contribution in [3.8, 4) is 11.3 Å². The molecule has 6 aromatic carbocycles. The summed E-state index contributed by atoms with van der Waals surface area (Å²) in [6.07, 6.45) is 0. The molecular formula is C46H31N4O2S2+. The van der Waals surface area contributed by atoms with Crippen molar-refractivity contribution in [2.24, 2.45) is 4.99 Å². The number of hydrogen-bond acceptors (Lipinski definition) is 6. The number of thiazole rings is 1. The molecule has 0 fully saturated rings. The minimum absolute atomic E-state index is 0.0586. The van der Waals surface area contributed by atoms with Gasteiger partial charge in [0, 0.05) is 34.3 Å². The van der Waals surface area contributed by atoms with Crippen LogP contribution >= 0.6 is 23.1 Å². The first-order valence-corrected chi connectivity index (χ1v) is 19.1. The second-order valence-electron chi connectivity index (χ2n) is 12.5. The van der Waals surface area contributed by atoms with E-state index in [2.05, 4.69) is 9.48 Å². The maximum absolute atomic E-state index is 14.7. The van der Waals surface area contributed by atoms with Crippen LogP contribution in [0.3, 0.4) is 0 Å². The lowest BCUT2D eigenvalue weighted by Crippen LogP contribution is -2.24. The molecule has 1 N–H and O–H groups in total. The number of hydrogen-bond donors (Lipinski definition) is 1. The van der Waals surface area contributed by atoms with Crippen molar-refractivity contribution >= 4 is 73.2 Å². The van der Waals surface area contributed by atoms with Gasteiger partial charge in [0.2, 0.25) is 5.78 Å². The highest BCUT2D eigenvalue weighted by atomic mass is 32.2. The van der Waals surface area contributed by atoms with Crippen LogP contribution in [-0.4, -0.2) is 26.8 Å². The molecule has 8 heteroatoms. The van der Waals surface area contributed by atoms with Gasteiger partial charge in [0.05, 0.1) is 26.6 Å². The molecule has 6 nitrogen and oxygen atoms in total. The van der Waals surface area contributed by atoms with E-state index in [1.165, 1.54) is 23.1 Å². The lowest BCUT2D eigenvalue weighted by molar-refractivity contribution is -0.111. The first-order chi connectivity index (χ1) is 26.7. The van der Waals surface area contributed by atoms with Gasteiger partial charge >= 0.3 is 5.17 Å². The number of thioether (sulfide) groups is 1. The summed E-state index contributed by atoms with van der Waals surface area (Å²) in [7, 11) is 0. The number of carbonyl (C=O) groups is 1. The Hall–Kier alpha value is -6.61. The van der Waals surface area contributed by atoms with Gasteiger partial charge in [-0.15, -0.1) is 0 Å². The summed E-state index contributed by atoms with van der Waals surface area (Å²) in [4.78, 5) is 28.3. The van der Waals surface area contributed by atoms with Crippen LogP contribution in [-0.2, 0) is 4.79 Å². The molecule has 0 bridgehead atoms. The highest BCUT2D eigenvalue weighted by molar-refractivity contribution is 8.18. The van der Waals surface area contributed by atoms with Crippen molar-refractivity contribution in [3.05, 3.63) is 209 Å². The molecule has 0 saturated carbocycles. The van der Waals surface area contributed by atoms with Crippen LogP contribution < -0.4 is 9.48 Å². The van der Waals surface area contributed by atoms with Gasteiger partial charge in [-0.3, -0.25) is 9.69 Å². The van der Waals surface area contributed by atoms with E-state index in [1.54, 1.807) is 0 Å². The van der Waals surface area contributed by atoms with Crippen molar-refractivity contribution in [1.29, 1.82) is 0 Å². The van der Waals surface area contributed by atoms with Crippen molar-refractivity contribution < 1.29 is 9.90 Å². The molecule has 0 unspecified atom stereocenters. The fraction of sp³-hybridized carbons (Fsp3) is 0. The Morgan fingerprint density at radius 3 is 1.52 bits per heavy atom. The van der Waals surface area contributed by atoms with Crippen LogP contribution in [0.15, 0.2) is 203 Å². The fourth-order valence-corrected chi connectivity index (χ4v) is 8.95. The molecule has 2 heterocycles. The number of amidine groups is 1. The van der Waals surface area contributed by atoms with Crippen LogP contribution in [0, 0.1) is 0 Å². The number of aliphatic imine (C=N–C) groups is 1. The van der Waals surface area contributed by atoms with Crippen LogP contribution in [0.4, 0.5) is 27.9 Å². The standard InChI is InChI=1S/C46H30N4O2S2/c51-41-37(43-39(31-19-7-1-8-20-31)47-45(53-43)49(33-23-11-3-12-24-33)34-25-13-4-14-26-34)42(52)38(41)44-40(32-21-9-2-10-22-32)48-46(54-44)50(35-27-15-5-16-28-35)36-29-17-6-18-30-36/h1-30H/p+1. The summed E-state index contributed by atoms with van der Waals surface area (Å²) in [5.74, 6) is -0.305. The molecule has 0 radical (unpaired) electrons. The number of rotatable bonds is 8. The highest BCUT2D eigenvalue weighted by Crippen LogP contribution is 2.50. The predicted octanol–water partition coefficient (Wildman–Crippen LogP) is 11.5. The minimum Gasteiger partial charge on any atom is -0.506 e. The van der Waals surface area contributed by atoms with E-state index >= 15 is 0 Å². The predicted molar refractivity (Wildman–Crippen MR) is 224 cm³/mol. The molecule has 0 atom stereocenters. The average molecular weight is 736 g/mol. The molecule has 54 heavy (non-hydrogen) atoms. The second kappa shape index (κ2) is 14.4. The monoisotopic (exact) mass is 735 g/mol. The third-order valence-corrected chi connectivity index (χ3v) is 11.3. The Labute approximate surface area is 321 Å². The number of anilines is 3. The fourth-order valence-electron chi connectivity index (χ4n) is 6.60. The quantitative estimate of drug-likeness (QED) is 0.124. The Balaban J connectivity index is 1.23. The molecule has 1 aliphatic carbocycles. The van der Waals surface area contributed by atoms with Crippen LogP contribution in [0.1, 0.15) is 10.4 Å². The smallest absolute Gasteiger partial charge is 0.370 e. The van der Waals surface area contributed by atoms with Crippen molar-refractivity contribution in [2.45, 2.75) is 0 Å². The van der Waals surface area contributed by atoms with Gasteiger partial charge in [0.15, 0.2) is 10.8 Å². The number of aliphatic hydroxyl groups excluding tert-OH is 1. The summed E-state index contributed by atoms with van der Waals surface area (Å²) in [5.41, 5.74) is 7.20. The first kappa shape index (κ1) is 33.2. The number of benzene rings is 6. The number of nitrogens with zero attached hydrogens (tertiary/aromatic N) is 4. The second-order valence-corrected chi connectivity index (χ2v) is 14.5. The number of para-hydroxylation sites is 4. The summed E-state index contributed by atoms with van der Waals surface area (Å²) in [6.45, 7) is 0. The summed E-state index contributed by atoms with van der Waals surface area (Å²) >= 11 is 2.78. The van der Waals surface area contributed by atoms with Crippen molar-refractivity contribution in [2.75, 3.05) is 4.90 Å². The van der Waals surface area contributed by atoms with E-state index in [0.717, 1.165) is 33.9 Å². The number of Topliss-reactive ketones (excluding diaryl/α,β-unsaturated/α-hetero) is 1. The number of allylic oxidation sites excluding steroid dienone is 3. The minimum atomic E-state index is -0.246. The Bertz CT molecular complexity index is 2540. The normalized spacial score (nSPS) is 15.2. The van der Waals surface area contributed by atoms with E-state index in [-0.39, 0.29) is 22.7 Å². The molecule has 9 rings (SSSR count). The van der Waals surface area contributed by atoms with E-state index < -0.39 is 0 Å². The molecular weight excluding hydrogens is 705 g/mol. The van der Waals surface area contributed by atoms with Gasteiger partial charge in [0.1, 0.15) is 17.1 Å². The van der Waals surface area contributed by atoms with Gasteiger partial charge in [0.25, 0.3) is 0 Å². The molecule has 0 saturated heterocycles. The number of aromatic nitrogens is 1. The third kappa shape index (κ3) is 6.07. The first-order valence-electron chi connectivity index (χ1n) is 17.4. The van der Waals surface area contributed by atoms with E-state index in [1.807, 2.05) is 182 Å². The van der Waals surface area contributed by atoms with Crippen LogP contribution in [0.2, 0.25) is 0 Å². The van der Waals surface area contributed by atoms with Crippen molar-refractivity contribution in [3.63, 3.8) is 0 Å². The topological polar surface area (TPSA) is 68.8 Å². The van der Waals surface area contributed by atoms with Gasteiger partial charge in [-0.05, 0) is 53.5 Å². The zero-order chi connectivity index (χ0) is 36.4. The SMILES string of the molecule is O=C1C(c2sc(N(c3ccccc3)c3ccccc3)nc2-c2ccccc2)=C(O)/C1=C1/SC(=[N+](c2ccccc2)c2ccccc2)N=C1c1ccccc1. The lowest BCUT2D eigenvalue weighted by Gasteiger charge is -2.23. The van der Waals surface area contributed by atoms with Crippen molar-refractivity contribution in [1.82, 2.24) is 9.56 Å². The van der Waals surface area contributed by atoms with Crippen LogP contribution in [0.25, 0.3) is 16.8 Å². The molecule has 258 valence electrons. The lowest BCUT2D eigenvalue weighted by atomic mass is 9.84. The van der Waals surface area contributed by atoms with Gasteiger partial charge in [-0.2, -0.15) is 4.58 Å². The molecule has 1 aromatic heterocycles. The molecule has 7 aromatic rings. The Morgan fingerprint density at radius 1 is 0.556 bits per heavy atom. The van der Waals surface area contributed by atoms with E-state index in [0.29, 0.717) is 31.5 Å². The third-order valence-electron chi connectivity index (χ3n) is 9.15. The van der Waals surface area contributed by atoms with Gasteiger partial charge in [-0.1, -0.05) is 145 Å². The maximum atomic E-state index is 14.7. The zero-order valence-electron chi connectivity index (χ0n) is 28.8. The van der Waals surface area contributed by atoms with E-state index in [9.17, 15) is 9.90 Å². The molecule has 2 aliphatic rings. The van der Waals surface area contributed by atoms with Gasteiger partial charge < -0.3 is 5.11 Å². The zero-order valence-corrected chi connectivity index (χ0v) is 30.4. The summed E-state index contributed by atoms with van der Waals surface area (Å²) in [5, 5.41) is 13.5. The summed E-state index contributed by atoms with van der Waals surface area (Å²) in [6, 6.07) is 59.8. The number of aliphatic hydroxyl groups is 1.